The van der Waals surface area contributed by atoms with Gasteiger partial charge in [-0.05, 0) is 140 Å². The van der Waals surface area contributed by atoms with E-state index < -0.39 is 0 Å². The molecule has 1 unspecified atom stereocenters. The van der Waals surface area contributed by atoms with Crippen LogP contribution in [-0.4, -0.2) is 30.9 Å². The number of carbonyl (C=O) groups is 2. The monoisotopic (exact) mass is 665 g/mol. The number of fused-ring (bicyclic) bond motifs is 5. The third-order valence-electron chi connectivity index (χ3n) is 13.4. The van der Waals surface area contributed by atoms with E-state index in [0.717, 1.165) is 66.0 Å². The molecule has 0 saturated heterocycles. The van der Waals surface area contributed by atoms with Crippen molar-refractivity contribution in [2.24, 2.45) is 51.3 Å². The molecular formula is C44H59NO4. The van der Waals surface area contributed by atoms with Crippen molar-refractivity contribution < 1.29 is 19.1 Å². The standard InChI is InChI=1S/C44H59NO4/c1-7-48-41(46)32-15-18-35(19-16-32)45-28-31-11-13-33(14-12-31)42(47)49-36-23-25-43(5)34(27-36)17-20-37-39-22-21-38(30(4)10-8-9-29(2)3)44(39,6)26-24-40(37)43/h11-19,28-30,36-40H,7-10,20-27H2,1-6H3/t30-,36?,37+,38-,39+,40+,43+,44-/m1/s1. The molecule has 0 spiro atoms. The van der Waals surface area contributed by atoms with Crippen LogP contribution >= 0.6 is 0 Å². The topological polar surface area (TPSA) is 65.0 Å². The van der Waals surface area contributed by atoms with Crippen molar-refractivity contribution >= 4 is 23.8 Å². The van der Waals surface area contributed by atoms with E-state index in [9.17, 15) is 9.59 Å². The summed E-state index contributed by atoms with van der Waals surface area (Å²) in [5.41, 5.74) is 5.01. The number of ether oxygens (including phenoxy) is 2. The number of aliphatic imine (C=N–C) groups is 1. The zero-order chi connectivity index (χ0) is 34.8. The van der Waals surface area contributed by atoms with E-state index in [1.54, 1.807) is 43.0 Å². The minimum atomic E-state index is -0.335. The Bertz CT molecular complexity index is 1520. The molecule has 4 aliphatic rings. The number of benzene rings is 2. The second-order valence-corrected chi connectivity index (χ2v) is 16.7. The number of allylic oxidation sites excluding steroid dienone is 1. The normalized spacial score (nSPS) is 31.4. The summed E-state index contributed by atoms with van der Waals surface area (Å²) in [5.74, 6) is 4.40. The van der Waals surface area contributed by atoms with Crippen LogP contribution in [0.5, 0.6) is 0 Å². The maximum atomic E-state index is 13.2. The average molecular weight is 666 g/mol. The fourth-order valence-electron chi connectivity index (χ4n) is 10.7. The quantitative estimate of drug-likeness (QED) is 0.136. The number of carbonyl (C=O) groups excluding carboxylic acids is 2. The number of nitrogens with zero attached hydrogens (tertiary/aromatic N) is 1. The van der Waals surface area contributed by atoms with Crippen LogP contribution in [-0.2, 0) is 9.47 Å². The van der Waals surface area contributed by atoms with Crippen molar-refractivity contribution in [1.29, 1.82) is 0 Å². The molecule has 3 fully saturated rings. The first kappa shape index (κ1) is 35.6. The second-order valence-electron chi connectivity index (χ2n) is 16.7. The number of rotatable bonds is 11. The van der Waals surface area contributed by atoms with Crippen LogP contribution in [0.25, 0.3) is 0 Å². The first-order valence-corrected chi connectivity index (χ1v) is 19.3. The van der Waals surface area contributed by atoms with Crippen LogP contribution < -0.4 is 0 Å². The van der Waals surface area contributed by atoms with Gasteiger partial charge >= 0.3 is 11.9 Å². The summed E-state index contributed by atoms with van der Waals surface area (Å²) in [6.45, 7) is 14.6. The molecule has 4 aliphatic carbocycles. The maximum absolute atomic E-state index is 13.2. The van der Waals surface area contributed by atoms with Crippen LogP contribution in [0.4, 0.5) is 5.69 Å². The van der Waals surface area contributed by atoms with Gasteiger partial charge in [-0.2, -0.15) is 0 Å². The lowest BCUT2D eigenvalue weighted by atomic mass is 9.47. The highest BCUT2D eigenvalue weighted by atomic mass is 16.5. The van der Waals surface area contributed by atoms with Gasteiger partial charge in [-0.25, -0.2) is 9.59 Å². The molecule has 0 aliphatic heterocycles. The summed E-state index contributed by atoms with van der Waals surface area (Å²) in [6, 6.07) is 14.4. The molecule has 49 heavy (non-hydrogen) atoms. The van der Waals surface area contributed by atoms with Gasteiger partial charge in [0.25, 0.3) is 0 Å². The number of hydrogen-bond acceptors (Lipinski definition) is 5. The van der Waals surface area contributed by atoms with Gasteiger partial charge in [-0.15, -0.1) is 0 Å². The van der Waals surface area contributed by atoms with Gasteiger partial charge < -0.3 is 9.47 Å². The number of hydrogen-bond donors (Lipinski definition) is 0. The third kappa shape index (κ3) is 7.47. The molecule has 3 saturated carbocycles. The van der Waals surface area contributed by atoms with Crippen molar-refractivity contribution in [1.82, 2.24) is 0 Å². The molecule has 264 valence electrons. The van der Waals surface area contributed by atoms with Crippen molar-refractivity contribution in [2.45, 2.75) is 118 Å². The molecule has 0 heterocycles. The van der Waals surface area contributed by atoms with Crippen molar-refractivity contribution in [3.63, 3.8) is 0 Å². The van der Waals surface area contributed by atoms with Crippen LogP contribution in [0.2, 0.25) is 0 Å². The minimum absolute atomic E-state index is 0.0569. The lowest BCUT2D eigenvalue weighted by Crippen LogP contribution is -2.51. The van der Waals surface area contributed by atoms with Crippen LogP contribution in [0.1, 0.15) is 138 Å². The molecule has 2 aromatic rings. The Hall–Kier alpha value is -3.21. The van der Waals surface area contributed by atoms with Crippen molar-refractivity contribution in [3.05, 3.63) is 76.9 Å². The fourth-order valence-corrected chi connectivity index (χ4v) is 10.7. The Morgan fingerprint density at radius 3 is 2.31 bits per heavy atom. The summed E-state index contributed by atoms with van der Waals surface area (Å²) in [6.07, 6.45) is 18.2. The molecule has 0 N–H and O–H groups in total. The van der Waals surface area contributed by atoms with Gasteiger partial charge in [-0.1, -0.05) is 77.7 Å². The molecule has 5 heteroatoms. The first-order chi connectivity index (χ1) is 23.5. The summed E-state index contributed by atoms with van der Waals surface area (Å²) >= 11 is 0. The smallest absolute Gasteiger partial charge is 0.338 e. The minimum Gasteiger partial charge on any atom is -0.462 e. The molecular weight excluding hydrogens is 606 g/mol. The van der Waals surface area contributed by atoms with E-state index in [1.165, 1.54) is 51.4 Å². The summed E-state index contributed by atoms with van der Waals surface area (Å²) in [4.78, 5) is 29.6. The Kier molecular flexibility index (Phi) is 10.9. The Morgan fingerprint density at radius 1 is 0.878 bits per heavy atom. The van der Waals surface area contributed by atoms with Gasteiger partial charge in [0.05, 0.1) is 23.4 Å². The van der Waals surface area contributed by atoms with E-state index >= 15 is 0 Å². The van der Waals surface area contributed by atoms with Crippen LogP contribution in [0, 0.1) is 46.3 Å². The van der Waals surface area contributed by atoms with E-state index in [2.05, 4.69) is 45.7 Å². The predicted octanol–water partition coefficient (Wildman–Crippen LogP) is 11.2. The number of esters is 2. The summed E-state index contributed by atoms with van der Waals surface area (Å²) in [7, 11) is 0. The third-order valence-corrected chi connectivity index (χ3v) is 13.4. The maximum Gasteiger partial charge on any atom is 0.338 e. The Morgan fingerprint density at radius 2 is 1.59 bits per heavy atom. The van der Waals surface area contributed by atoms with Gasteiger partial charge in [0.2, 0.25) is 0 Å². The highest BCUT2D eigenvalue weighted by Crippen LogP contribution is 2.67. The van der Waals surface area contributed by atoms with E-state index in [4.69, 9.17) is 9.47 Å². The van der Waals surface area contributed by atoms with Crippen molar-refractivity contribution in [3.8, 4) is 0 Å². The van der Waals surface area contributed by atoms with Crippen LogP contribution in [0.3, 0.4) is 0 Å². The molecule has 8 atom stereocenters. The van der Waals surface area contributed by atoms with E-state index in [-0.39, 0.29) is 23.5 Å². The van der Waals surface area contributed by atoms with Gasteiger partial charge in [-0.3, -0.25) is 4.99 Å². The van der Waals surface area contributed by atoms with Gasteiger partial charge in [0.15, 0.2) is 0 Å². The first-order valence-electron chi connectivity index (χ1n) is 19.3. The Balaban J connectivity index is 1.03. The Labute approximate surface area is 295 Å². The van der Waals surface area contributed by atoms with E-state index in [0.29, 0.717) is 23.1 Å². The molecule has 0 amide bonds. The molecule has 0 bridgehead atoms. The SMILES string of the molecule is CCOC(=O)c1ccc(N=Cc2ccc(C(=O)OC3CC[C@@]4(C)C(=CC[C@H]5[C@@H]6CC[C@H]([C@H](C)CCCC(C)C)[C@@]6(C)CC[C@@H]54)C3)cc2)cc1. The van der Waals surface area contributed by atoms with Gasteiger partial charge in [0.1, 0.15) is 6.10 Å². The molecule has 0 aromatic heterocycles. The molecule has 0 radical (unpaired) electrons. The second kappa shape index (κ2) is 15.0. The van der Waals surface area contributed by atoms with Gasteiger partial charge in [0, 0.05) is 12.6 Å². The van der Waals surface area contributed by atoms with Crippen LogP contribution in [0.15, 0.2) is 65.2 Å². The molecule has 2 aromatic carbocycles. The van der Waals surface area contributed by atoms with Crippen molar-refractivity contribution in [2.75, 3.05) is 6.61 Å². The highest BCUT2D eigenvalue weighted by molar-refractivity contribution is 5.91. The lowest BCUT2D eigenvalue weighted by molar-refractivity contribution is -0.0594. The molecule has 6 rings (SSSR count). The predicted molar refractivity (Wildman–Crippen MR) is 198 cm³/mol. The van der Waals surface area contributed by atoms with E-state index in [1.807, 2.05) is 24.3 Å². The lowest BCUT2D eigenvalue weighted by Gasteiger charge is -2.58. The zero-order valence-electron chi connectivity index (χ0n) is 30.9. The highest BCUT2D eigenvalue weighted by Gasteiger charge is 2.59. The largest absolute Gasteiger partial charge is 0.462 e. The zero-order valence-corrected chi connectivity index (χ0v) is 30.9. The average Bonchev–Trinajstić information content (AvgIpc) is 3.45. The summed E-state index contributed by atoms with van der Waals surface area (Å²) in [5, 5.41) is 0. The summed E-state index contributed by atoms with van der Waals surface area (Å²) < 4.78 is 11.2. The fraction of sp³-hybridized carbons (Fsp3) is 0.614. The molecule has 5 nitrogen and oxygen atoms in total.